The minimum absolute atomic E-state index is 0.0930. The van der Waals surface area contributed by atoms with Crippen molar-refractivity contribution in [2.75, 3.05) is 6.61 Å². The second-order valence-corrected chi connectivity index (χ2v) is 2.67. The van der Waals surface area contributed by atoms with E-state index < -0.39 is 12.5 Å². The van der Waals surface area contributed by atoms with Crippen LogP contribution in [-0.2, 0) is 4.84 Å². The number of hydrogen-bond acceptors (Lipinski definition) is 2. The van der Waals surface area contributed by atoms with Gasteiger partial charge in [0.25, 0.3) is 5.92 Å². The molecule has 1 aliphatic carbocycles. The Morgan fingerprint density at radius 2 is 2.33 bits per heavy atom. The van der Waals surface area contributed by atoms with Gasteiger partial charge >= 0.3 is 0 Å². The molecule has 0 aromatic carbocycles. The molecule has 1 rings (SSSR count). The van der Waals surface area contributed by atoms with Crippen molar-refractivity contribution in [2.45, 2.75) is 18.8 Å². The van der Waals surface area contributed by atoms with Crippen molar-refractivity contribution >= 4 is 0 Å². The molecule has 0 atom stereocenters. The third kappa shape index (κ3) is 2.12. The molecule has 0 radical (unpaired) electrons. The fraction of sp³-hybridized carbons (Fsp3) is 0.500. The predicted molar refractivity (Wildman–Crippen MR) is 41.5 cm³/mol. The van der Waals surface area contributed by atoms with Crippen molar-refractivity contribution in [3.05, 3.63) is 23.8 Å². The number of nitrogens with two attached hydrogens (primary N) is 1. The summed E-state index contributed by atoms with van der Waals surface area (Å²) in [6.07, 6.45) is 5.94. The number of alkyl halides is 2. The summed E-state index contributed by atoms with van der Waals surface area (Å²) in [5, 5.41) is 0. The Morgan fingerprint density at radius 3 is 2.83 bits per heavy atom. The van der Waals surface area contributed by atoms with Crippen LogP contribution >= 0.6 is 0 Å². The molecule has 0 saturated carbocycles. The summed E-state index contributed by atoms with van der Waals surface area (Å²) in [5.74, 6) is 1.68. The van der Waals surface area contributed by atoms with E-state index in [1.807, 2.05) is 6.08 Å². The molecule has 1 aliphatic rings. The Balaban J connectivity index is 2.66. The molecular weight excluding hydrogens is 164 g/mol. The van der Waals surface area contributed by atoms with Gasteiger partial charge in [0.05, 0.1) is 0 Å². The minimum Gasteiger partial charge on any atom is -0.298 e. The van der Waals surface area contributed by atoms with Crippen LogP contribution in [0.15, 0.2) is 23.8 Å². The van der Waals surface area contributed by atoms with Gasteiger partial charge in [-0.1, -0.05) is 18.2 Å². The Kier molecular flexibility index (Phi) is 2.94. The summed E-state index contributed by atoms with van der Waals surface area (Å²) in [6.45, 7) is -0.743. The third-order valence-electron chi connectivity index (χ3n) is 1.75. The molecule has 0 saturated heterocycles. The lowest BCUT2D eigenvalue weighted by Gasteiger charge is -2.19. The van der Waals surface area contributed by atoms with Crippen molar-refractivity contribution in [1.82, 2.24) is 0 Å². The van der Waals surface area contributed by atoms with E-state index in [0.717, 1.165) is 0 Å². The van der Waals surface area contributed by atoms with Gasteiger partial charge < -0.3 is 0 Å². The Labute approximate surface area is 69.6 Å². The van der Waals surface area contributed by atoms with Crippen molar-refractivity contribution < 1.29 is 13.6 Å². The fourth-order valence-corrected chi connectivity index (χ4v) is 1.10. The summed E-state index contributed by atoms with van der Waals surface area (Å²) in [6, 6.07) is 0. The lowest BCUT2D eigenvalue weighted by Crippen LogP contribution is -2.28. The van der Waals surface area contributed by atoms with Crippen molar-refractivity contribution in [2.24, 2.45) is 5.90 Å². The average molecular weight is 175 g/mol. The van der Waals surface area contributed by atoms with Crippen LogP contribution in [0.3, 0.4) is 0 Å². The predicted octanol–water partition coefficient (Wildman–Crippen LogP) is 1.79. The first-order valence-electron chi connectivity index (χ1n) is 3.72. The monoisotopic (exact) mass is 175 g/mol. The van der Waals surface area contributed by atoms with Crippen LogP contribution in [0.4, 0.5) is 8.78 Å². The van der Waals surface area contributed by atoms with Crippen LogP contribution < -0.4 is 5.90 Å². The molecule has 0 fully saturated rings. The highest BCUT2D eigenvalue weighted by molar-refractivity contribution is 5.23. The minimum atomic E-state index is -2.92. The van der Waals surface area contributed by atoms with Crippen molar-refractivity contribution in [3.8, 4) is 0 Å². The van der Waals surface area contributed by atoms with Crippen molar-refractivity contribution in [3.63, 3.8) is 0 Å². The molecule has 68 valence electrons. The normalized spacial score (nSPS) is 17.8. The topological polar surface area (TPSA) is 35.2 Å². The molecule has 0 unspecified atom stereocenters. The SMILES string of the molecule is NOCC(F)(F)C1=CC=CCC1. The molecule has 0 bridgehead atoms. The molecule has 12 heavy (non-hydrogen) atoms. The number of halogens is 2. The van der Waals surface area contributed by atoms with Gasteiger partial charge in [-0.25, -0.2) is 5.90 Å². The molecule has 0 amide bonds. The summed E-state index contributed by atoms with van der Waals surface area (Å²) in [4.78, 5) is 3.94. The maximum Gasteiger partial charge on any atom is 0.294 e. The Bertz CT molecular complexity index is 211. The third-order valence-corrected chi connectivity index (χ3v) is 1.75. The second-order valence-electron chi connectivity index (χ2n) is 2.67. The van der Waals surface area contributed by atoms with Crippen LogP contribution in [0.5, 0.6) is 0 Å². The molecule has 0 aliphatic heterocycles. The zero-order valence-electron chi connectivity index (χ0n) is 6.59. The van der Waals surface area contributed by atoms with E-state index in [-0.39, 0.29) is 5.57 Å². The molecule has 0 spiro atoms. The molecule has 2 nitrogen and oxygen atoms in total. The summed E-state index contributed by atoms with van der Waals surface area (Å²) in [7, 11) is 0. The molecule has 4 heteroatoms. The average Bonchev–Trinajstić information content (AvgIpc) is 2.06. The van der Waals surface area contributed by atoms with Crippen molar-refractivity contribution in [1.29, 1.82) is 0 Å². The van der Waals surface area contributed by atoms with E-state index in [1.165, 1.54) is 6.08 Å². The maximum absolute atomic E-state index is 13.0. The van der Waals surface area contributed by atoms with Crippen LogP contribution in [0.1, 0.15) is 12.8 Å². The van der Waals surface area contributed by atoms with Crippen LogP contribution in [0.2, 0.25) is 0 Å². The van der Waals surface area contributed by atoms with E-state index >= 15 is 0 Å². The number of hydrogen-bond donors (Lipinski definition) is 1. The lowest BCUT2D eigenvalue weighted by molar-refractivity contribution is -0.0517. The van der Waals surface area contributed by atoms with Gasteiger partial charge in [-0.15, -0.1) is 0 Å². The van der Waals surface area contributed by atoms with E-state index in [1.54, 1.807) is 6.08 Å². The van der Waals surface area contributed by atoms with E-state index in [4.69, 9.17) is 0 Å². The standard InChI is InChI=1S/C8H11F2NO/c9-8(10,6-12-11)7-4-2-1-3-5-7/h1-2,4H,3,5-6,11H2. The van der Waals surface area contributed by atoms with Gasteiger partial charge in [-0.3, -0.25) is 4.84 Å². The maximum atomic E-state index is 13.0. The lowest BCUT2D eigenvalue weighted by atomic mass is 10.00. The quantitative estimate of drug-likeness (QED) is 0.663. The second kappa shape index (κ2) is 3.78. The molecule has 0 aromatic rings. The van der Waals surface area contributed by atoms with Crippen LogP contribution in [0.25, 0.3) is 0 Å². The first-order chi connectivity index (χ1) is 5.67. The Hall–Kier alpha value is -0.740. The van der Waals surface area contributed by atoms with Gasteiger partial charge in [0.2, 0.25) is 0 Å². The number of rotatable bonds is 3. The summed E-state index contributed by atoms with van der Waals surface area (Å²) >= 11 is 0. The molecule has 2 N–H and O–H groups in total. The fourth-order valence-electron chi connectivity index (χ4n) is 1.10. The van der Waals surface area contributed by atoms with E-state index in [0.29, 0.717) is 12.8 Å². The largest absolute Gasteiger partial charge is 0.298 e. The highest BCUT2D eigenvalue weighted by atomic mass is 19.3. The zero-order chi connectivity index (χ0) is 9.03. The van der Waals surface area contributed by atoms with Crippen LogP contribution in [-0.4, -0.2) is 12.5 Å². The molecular formula is C8H11F2NO. The first kappa shape index (κ1) is 9.35. The van der Waals surface area contributed by atoms with Gasteiger partial charge in [0, 0.05) is 5.57 Å². The molecule has 0 aromatic heterocycles. The van der Waals surface area contributed by atoms with Gasteiger partial charge in [-0.05, 0) is 12.8 Å². The van der Waals surface area contributed by atoms with Gasteiger partial charge in [0.1, 0.15) is 6.61 Å². The van der Waals surface area contributed by atoms with Gasteiger partial charge in [-0.2, -0.15) is 8.78 Å². The van der Waals surface area contributed by atoms with E-state index in [9.17, 15) is 8.78 Å². The smallest absolute Gasteiger partial charge is 0.294 e. The van der Waals surface area contributed by atoms with Gasteiger partial charge in [0.15, 0.2) is 0 Å². The summed E-state index contributed by atoms with van der Waals surface area (Å²) in [5.41, 5.74) is 0.0930. The van der Waals surface area contributed by atoms with E-state index in [2.05, 4.69) is 10.7 Å². The first-order valence-corrected chi connectivity index (χ1v) is 3.72. The highest BCUT2D eigenvalue weighted by Crippen LogP contribution is 2.29. The Morgan fingerprint density at radius 1 is 1.58 bits per heavy atom. The zero-order valence-corrected chi connectivity index (χ0v) is 6.59. The van der Waals surface area contributed by atoms with Crippen LogP contribution in [0, 0.1) is 0 Å². The number of allylic oxidation sites excluding steroid dienone is 3. The molecule has 0 heterocycles. The summed E-state index contributed by atoms with van der Waals surface area (Å²) < 4.78 is 26.0. The highest BCUT2D eigenvalue weighted by Gasteiger charge is 2.33.